The second-order valence-corrected chi connectivity index (χ2v) is 7.79. The number of hydrogen-bond acceptors (Lipinski definition) is 6. The molecule has 158 valence electrons. The van der Waals surface area contributed by atoms with E-state index in [4.69, 9.17) is 9.47 Å². The number of amides is 1. The predicted molar refractivity (Wildman–Crippen MR) is 121 cm³/mol. The Hall–Kier alpha value is -3.65. The number of benzene rings is 2. The number of carbonyl (C=O) groups is 1. The van der Waals surface area contributed by atoms with Gasteiger partial charge in [-0.15, -0.1) is 11.3 Å². The fourth-order valence-electron chi connectivity index (χ4n) is 3.00. The number of thiazole rings is 1. The van der Waals surface area contributed by atoms with Crippen LogP contribution in [0.5, 0.6) is 11.5 Å². The number of imidazole rings is 1. The molecule has 2 aromatic heterocycles. The van der Waals surface area contributed by atoms with Gasteiger partial charge in [0.25, 0.3) is 5.91 Å². The Labute approximate surface area is 184 Å². The van der Waals surface area contributed by atoms with Crippen molar-refractivity contribution >= 4 is 22.9 Å². The van der Waals surface area contributed by atoms with E-state index in [1.165, 1.54) is 11.3 Å². The van der Waals surface area contributed by atoms with Crippen molar-refractivity contribution in [1.29, 1.82) is 0 Å². The van der Waals surface area contributed by atoms with Crippen molar-refractivity contribution in [1.82, 2.24) is 14.5 Å². The largest absolute Gasteiger partial charge is 0.497 e. The SMILES string of the molecule is COc1ccc(-c2nc(C)c(C(=O)Nc3cccc(OCCn4ccnc4)c3)s2)cc1. The highest BCUT2D eigenvalue weighted by Crippen LogP contribution is 2.30. The van der Waals surface area contributed by atoms with Gasteiger partial charge in [0, 0.05) is 29.7 Å². The summed E-state index contributed by atoms with van der Waals surface area (Å²) in [4.78, 5) is 22.0. The summed E-state index contributed by atoms with van der Waals surface area (Å²) in [6, 6.07) is 15.0. The van der Waals surface area contributed by atoms with Crippen LogP contribution in [0.4, 0.5) is 5.69 Å². The van der Waals surface area contributed by atoms with Crippen LogP contribution in [0.3, 0.4) is 0 Å². The maximum Gasteiger partial charge on any atom is 0.267 e. The molecule has 0 saturated heterocycles. The molecular formula is C23H22N4O3S. The Kier molecular flexibility index (Phi) is 6.28. The second-order valence-electron chi connectivity index (χ2n) is 6.79. The summed E-state index contributed by atoms with van der Waals surface area (Å²) in [5.41, 5.74) is 2.31. The molecule has 2 aromatic carbocycles. The highest BCUT2D eigenvalue weighted by Gasteiger charge is 2.17. The number of rotatable bonds is 8. The zero-order chi connectivity index (χ0) is 21.6. The molecule has 0 atom stereocenters. The maximum absolute atomic E-state index is 12.8. The lowest BCUT2D eigenvalue weighted by Gasteiger charge is -2.09. The minimum absolute atomic E-state index is 0.190. The summed E-state index contributed by atoms with van der Waals surface area (Å²) in [5, 5.41) is 3.74. The minimum Gasteiger partial charge on any atom is -0.497 e. The Bertz CT molecular complexity index is 1150. The molecule has 0 radical (unpaired) electrons. The summed E-state index contributed by atoms with van der Waals surface area (Å²) in [6.07, 6.45) is 5.37. The van der Waals surface area contributed by atoms with Gasteiger partial charge in [0.2, 0.25) is 0 Å². The number of carbonyl (C=O) groups excluding carboxylic acids is 1. The summed E-state index contributed by atoms with van der Waals surface area (Å²) in [6.45, 7) is 3.05. The molecule has 31 heavy (non-hydrogen) atoms. The first-order valence-electron chi connectivity index (χ1n) is 9.74. The monoisotopic (exact) mass is 434 g/mol. The molecule has 0 aliphatic carbocycles. The lowest BCUT2D eigenvalue weighted by Crippen LogP contribution is -2.12. The zero-order valence-electron chi connectivity index (χ0n) is 17.2. The molecule has 0 saturated carbocycles. The van der Waals surface area contributed by atoms with Crippen molar-refractivity contribution in [3.63, 3.8) is 0 Å². The van der Waals surface area contributed by atoms with Gasteiger partial charge in [-0.25, -0.2) is 9.97 Å². The number of anilines is 1. The molecule has 7 nitrogen and oxygen atoms in total. The number of aromatic nitrogens is 3. The van der Waals surface area contributed by atoms with Gasteiger partial charge < -0.3 is 19.4 Å². The Morgan fingerprint density at radius 3 is 2.74 bits per heavy atom. The molecule has 0 bridgehead atoms. The van der Waals surface area contributed by atoms with Crippen LogP contribution in [0.1, 0.15) is 15.4 Å². The van der Waals surface area contributed by atoms with E-state index in [-0.39, 0.29) is 5.91 Å². The van der Waals surface area contributed by atoms with Crippen LogP contribution in [-0.4, -0.2) is 34.2 Å². The Balaban J connectivity index is 1.41. The van der Waals surface area contributed by atoms with Gasteiger partial charge in [0.15, 0.2) is 0 Å². The molecule has 8 heteroatoms. The van der Waals surface area contributed by atoms with Crippen molar-refractivity contribution in [2.75, 3.05) is 19.0 Å². The predicted octanol–water partition coefficient (Wildman–Crippen LogP) is 4.65. The maximum atomic E-state index is 12.8. The van der Waals surface area contributed by atoms with Crippen molar-refractivity contribution in [3.05, 3.63) is 77.8 Å². The summed E-state index contributed by atoms with van der Waals surface area (Å²) < 4.78 is 12.9. The molecule has 1 amide bonds. The summed E-state index contributed by atoms with van der Waals surface area (Å²) in [5.74, 6) is 1.28. The van der Waals surface area contributed by atoms with E-state index in [2.05, 4.69) is 15.3 Å². The van der Waals surface area contributed by atoms with Gasteiger partial charge in [-0.2, -0.15) is 0 Å². The minimum atomic E-state index is -0.190. The van der Waals surface area contributed by atoms with E-state index in [0.717, 1.165) is 16.3 Å². The fourth-order valence-corrected chi connectivity index (χ4v) is 3.97. The molecule has 0 fully saturated rings. The van der Waals surface area contributed by atoms with Gasteiger partial charge in [-0.1, -0.05) is 6.07 Å². The normalized spacial score (nSPS) is 10.6. The van der Waals surface area contributed by atoms with Crippen molar-refractivity contribution in [2.24, 2.45) is 0 Å². The quantitative estimate of drug-likeness (QED) is 0.437. The van der Waals surface area contributed by atoms with E-state index >= 15 is 0 Å². The first-order valence-corrected chi connectivity index (χ1v) is 10.6. The van der Waals surface area contributed by atoms with Gasteiger partial charge in [0.05, 0.1) is 25.7 Å². The molecule has 2 heterocycles. The second kappa shape index (κ2) is 9.44. The first kappa shape index (κ1) is 20.6. The van der Waals surface area contributed by atoms with Gasteiger partial charge >= 0.3 is 0 Å². The average Bonchev–Trinajstić information content (AvgIpc) is 3.44. The van der Waals surface area contributed by atoms with Crippen molar-refractivity contribution in [3.8, 4) is 22.1 Å². The standard InChI is InChI=1S/C23H22N4O3S/c1-16-21(31-23(25-16)17-6-8-19(29-2)9-7-17)22(28)26-18-4-3-5-20(14-18)30-13-12-27-11-10-24-15-27/h3-11,14-15H,12-13H2,1-2H3,(H,26,28). The molecule has 0 unspecified atom stereocenters. The highest BCUT2D eigenvalue weighted by atomic mass is 32.1. The Morgan fingerprint density at radius 2 is 2.00 bits per heavy atom. The van der Waals surface area contributed by atoms with Crippen LogP contribution in [-0.2, 0) is 6.54 Å². The van der Waals surface area contributed by atoms with E-state index < -0.39 is 0 Å². The van der Waals surface area contributed by atoms with Crippen LogP contribution in [0.25, 0.3) is 10.6 Å². The molecule has 0 spiro atoms. The number of hydrogen-bond donors (Lipinski definition) is 1. The third kappa shape index (κ3) is 5.10. The molecule has 1 N–H and O–H groups in total. The van der Waals surface area contributed by atoms with Crippen LogP contribution in [0, 0.1) is 6.92 Å². The summed E-state index contributed by atoms with van der Waals surface area (Å²) >= 11 is 1.37. The Morgan fingerprint density at radius 1 is 1.16 bits per heavy atom. The molecular weight excluding hydrogens is 412 g/mol. The van der Waals surface area contributed by atoms with Crippen LogP contribution in [0.15, 0.2) is 67.3 Å². The third-order valence-corrected chi connectivity index (χ3v) is 5.81. The zero-order valence-corrected chi connectivity index (χ0v) is 18.1. The molecule has 0 aliphatic heterocycles. The third-order valence-electron chi connectivity index (χ3n) is 4.61. The van der Waals surface area contributed by atoms with E-state index in [1.54, 1.807) is 19.6 Å². The molecule has 0 aliphatic rings. The smallest absolute Gasteiger partial charge is 0.267 e. The van der Waals surface area contributed by atoms with Crippen molar-refractivity contribution < 1.29 is 14.3 Å². The number of nitrogens with one attached hydrogen (secondary N) is 1. The van der Waals surface area contributed by atoms with Crippen LogP contribution in [0.2, 0.25) is 0 Å². The topological polar surface area (TPSA) is 78.3 Å². The van der Waals surface area contributed by atoms with Gasteiger partial charge in [0.1, 0.15) is 28.0 Å². The van der Waals surface area contributed by atoms with Crippen LogP contribution >= 0.6 is 11.3 Å². The fraction of sp³-hybridized carbons (Fsp3) is 0.174. The van der Waals surface area contributed by atoms with Crippen molar-refractivity contribution in [2.45, 2.75) is 13.5 Å². The van der Waals surface area contributed by atoms with Gasteiger partial charge in [-0.05, 0) is 43.3 Å². The van der Waals surface area contributed by atoms with Gasteiger partial charge in [-0.3, -0.25) is 4.79 Å². The van der Waals surface area contributed by atoms with E-state index in [0.29, 0.717) is 35.2 Å². The van der Waals surface area contributed by atoms with E-state index in [1.807, 2.05) is 66.2 Å². The number of nitrogens with zero attached hydrogens (tertiary/aromatic N) is 3. The van der Waals surface area contributed by atoms with E-state index in [9.17, 15) is 4.79 Å². The number of methoxy groups -OCH3 is 1. The highest BCUT2D eigenvalue weighted by molar-refractivity contribution is 7.17. The average molecular weight is 435 g/mol. The lowest BCUT2D eigenvalue weighted by molar-refractivity contribution is 0.103. The van der Waals surface area contributed by atoms with Crippen LogP contribution < -0.4 is 14.8 Å². The molecule has 4 aromatic rings. The lowest BCUT2D eigenvalue weighted by atomic mass is 10.2. The number of aryl methyl sites for hydroxylation is 1. The summed E-state index contributed by atoms with van der Waals surface area (Å²) in [7, 11) is 1.63. The number of ether oxygens (including phenoxy) is 2. The first-order chi connectivity index (χ1) is 15.1. The molecule has 4 rings (SSSR count).